The average molecular weight is 356 g/mol. The van der Waals surface area contributed by atoms with E-state index in [0.717, 1.165) is 21.5 Å². The smallest absolute Gasteiger partial charge is 0.0998 e. The van der Waals surface area contributed by atoms with Crippen LogP contribution in [-0.2, 0) is 0 Å². The van der Waals surface area contributed by atoms with Gasteiger partial charge in [0.25, 0.3) is 0 Å². The standard InChI is InChI=1S/2C12H6N2/c13-7-9-3-1-5-11-10(8-14)4-2-6-12(9)11;13-7-9-5-6-10(8-14)12-4-2-1-3-11(9)12/h2*1-6H. The maximum Gasteiger partial charge on any atom is 0.0998 e. The van der Waals surface area contributed by atoms with Crippen molar-refractivity contribution in [2.75, 3.05) is 0 Å². The molecule has 0 saturated heterocycles. The van der Waals surface area contributed by atoms with Crippen molar-refractivity contribution in [2.24, 2.45) is 0 Å². The molecule has 0 aromatic heterocycles. The zero-order chi connectivity index (χ0) is 19.9. The van der Waals surface area contributed by atoms with E-state index in [-0.39, 0.29) is 0 Å². The molecule has 28 heavy (non-hydrogen) atoms. The molecule has 0 spiro atoms. The molecule has 0 aliphatic carbocycles. The highest BCUT2D eigenvalue weighted by Gasteiger charge is 2.04. The third-order valence-electron chi connectivity index (χ3n) is 4.33. The third-order valence-corrected chi connectivity index (χ3v) is 4.33. The van der Waals surface area contributed by atoms with Crippen molar-refractivity contribution < 1.29 is 0 Å². The van der Waals surface area contributed by atoms with Gasteiger partial charge in [-0.25, -0.2) is 0 Å². The molecule has 0 aliphatic rings. The van der Waals surface area contributed by atoms with Crippen LogP contribution >= 0.6 is 0 Å². The fraction of sp³-hybridized carbons (Fsp3) is 0. The highest BCUT2D eigenvalue weighted by molar-refractivity contribution is 5.92. The lowest BCUT2D eigenvalue weighted by Crippen LogP contribution is -1.83. The summed E-state index contributed by atoms with van der Waals surface area (Å²) in [6.07, 6.45) is 0. The molecule has 0 saturated carbocycles. The lowest BCUT2D eigenvalue weighted by Gasteiger charge is -2.00. The molecule has 4 rings (SSSR count). The van der Waals surface area contributed by atoms with E-state index in [1.807, 2.05) is 36.4 Å². The van der Waals surface area contributed by atoms with E-state index in [4.69, 9.17) is 21.0 Å². The zero-order valence-electron chi connectivity index (χ0n) is 14.7. The van der Waals surface area contributed by atoms with Crippen LogP contribution in [0.3, 0.4) is 0 Å². The summed E-state index contributed by atoms with van der Waals surface area (Å²) in [5.74, 6) is 0. The first-order chi connectivity index (χ1) is 13.7. The molecule has 0 fully saturated rings. The zero-order valence-corrected chi connectivity index (χ0v) is 14.7. The first-order valence-electron chi connectivity index (χ1n) is 8.37. The SMILES string of the molecule is N#Cc1ccc(C#N)c2ccccc12.N#Cc1cccc2c(C#N)cccc12. The van der Waals surface area contributed by atoms with Crippen molar-refractivity contribution in [1.29, 1.82) is 21.0 Å². The van der Waals surface area contributed by atoms with Crippen molar-refractivity contribution in [3.63, 3.8) is 0 Å². The normalized spacial score (nSPS) is 9.29. The molecule has 128 valence electrons. The Morgan fingerprint density at radius 1 is 0.357 bits per heavy atom. The van der Waals surface area contributed by atoms with Gasteiger partial charge in [-0.1, -0.05) is 48.5 Å². The molecule has 0 bridgehead atoms. The maximum atomic E-state index is 8.87. The molecule has 0 radical (unpaired) electrons. The number of nitrogens with zero attached hydrogens (tertiary/aromatic N) is 4. The van der Waals surface area contributed by atoms with Crippen molar-refractivity contribution in [3.05, 3.63) is 95.1 Å². The van der Waals surface area contributed by atoms with Crippen LogP contribution in [-0.4, -0.2) is 0 Å². The van der Waals surface area contributed by atoms with E-state index < -0.39 is 0 Å². The summed E-state index contributed by atoms with van der Waals surface area (Å²) < 4.78 is 0. The topological polar surface area (TPSA) is 95.2 Å². The summed E-state index contributed by atoms with van der Waals surface area (Å²) in [6, 6.07) is 30.1. The summed E-state index contributed by atoms with van der Waals surface area (Å²) in [6.45, 7) is 0. The Kier molecular flexibility index (Phi) is 5.29. The fourth-order valence-corrected chi connectivity index (χ4v) is 3.00. The quantitative estimate of drug-likeness (QED) is 0.434. The van der Waals surface area contributed by atoms with Crippen LogP contribution < -0.4 is 0 Å². The average Bonchev–Trinajstić information content (AvgIpc) is 2.77. The minimum Gasteiger partial charge on any atom is -0.192 e. The summed E-state index contributed by atoms with van der Waals surface area (Å²) in [5.41, 5.74) is 2.44. The molecule has 4 aromatic rings. The molecular formula is C24H12N4. The number of fused-ring (bicyclic) bond motifs is 2. The molecule has 0 amide bonds. The van der Waals surface area contributed by atoms with Gasteiger partial charge >= 0.3 is 0 Å². The Bertz CT molecular complexity index is 1190. The van der Waals surface area contributed by atoms with E-state index in [2.05, 4.69) is 24.3 Å². The molecule has 0 heterocycles. The molecular weight excluding hydrogens is 344 g/mol. The van der Waals surface area contributed by atoms with Gasteiger partial charge in [0.05, 0.1) is 46.5 Å². The van der Waals surface area contributed by atoms with Crippen LogP contribution in [0, 0.1) is 45.3 Å². The van der Waals surface area contributed by atoms with E-state index in [9.17, 15) is 0 Å². The van der Waals surface area contributed by atoms with Gasteiger partial charge in [-0.05, 0) is 24.3 Å². The van der Waals surface area contributed by atoms with E-state index in [0.29, 0.717) is 22.3 Å². The third kappa shape index (κ3) is 3.36. The van der Waals surface area contributed by atoms with E-state index in [1.165, 1.54) is 0 Å². The number of nitriles is 4. The minimum atomic E-state index is 0.611. The van der Waals surface area contributed by atoms with Crippen LogP contribution in [0.15, 0.2) is 72.8 Å². The Hall–Kier alpha value is -4.64. The highest BCUT2D eigenvalue weighted by atomic mass is 14.3. The van der Waals surface area contributed by atoms with Gasteiger partial charge < -0.3 is 0 Å². The molecule has 0 N–H and O–H groups in total. The minimum absolute atomic E-state index is 0.611. The van der Waals surface area contributed by atoms with Crippen LogP contribution in [0.2, 0.25) is 0 Å². The Balaban J connectivity index is 0.000000161. The Morgan fingerprint density at radius 2 is 0.643 bits per heavy atom. The second-order valence-corrected chi connectivity index (χ2v) is 5.86. The Morgan fingerprint density at radius 3 is 0.964 bits per heavy atom. The monoisotopic (exact) mass is 356 g/mol. The van der Waals surface area contributed by atoms with Gasteiger partial charge in [-0.2, -0.15) is 21.0 Å². The summed E-state index contributed by atoms with van der Waals surface area (Å²) in [4.78, 5) is 0. The summed E-state index contributed by atoms with van der Waals surface area (Å²) in [7, 11) is 0. The van der Waals surface area contributed by atoms with Gasteiger partial charge in [-0.3, -0.25) is 0 Å². The lowest BCUT2D eigenvalue weighted by atomic mass is 10.0. The fourth-order valence-electron chi connectivity index (χ4n) is 3.00. The first-order valence-corrected chi connectivity index (χ1v) is 8.37. The van der Waals surface area contributed by atoms with Crippen LogP contribution in [0.1, 0.15) is 22.3 Å². The van der Waals surface area contributed by atoms with Gasteiger partial charge in [-0.15, -0.1) is 0 Å². The molecule has 4 nitrogen and oxygen atoms in total. The van der Waals surface area contributed by atoms with Gasteiger partial charge in [0.2, 0.25) is 0 Å². The predicted octanol–water partition coefficient (Wildman–Crippen LogP) is 5.17. The molecule has 4 heteroatoms. The number of hydrogen-bond donors (Lipinski definition) is 0. The molecule has 0 aliphatic heterocycles. The van der Waals surface area contributed by atoms with Crippen LogP contribution in [0.5, 0.6) is 0 Å². The molecule has 4 aromatic carbocycles. The molecule has 0 atom stereocenters. The van der Waals surface area contributed by atoms with Crippen molar-refractivity contribution >= 4 is 21.5 Å². The summed E-state index contributed by atoms with van der Waals surface area (Å²) >= 11 is 0. The van der Waals surface area contributed by atoms with Gasteiger partial charge in [0.15, 0.2) is 0 Å². The first kappa shape index (κ1) is 18.2. The predicted molar refractivity (Wildman–Crippen MR) is 107 cm³/mol. The van der Waals surface area contributed by atoms with Gasteiger partial charge in [0.1, 0.15) is 0 Å². The number of benzene rings is 4. The van der Waals surface area contributed by atoms with E-state index >= 15 is 0 Å². The lowest BCUT2D eigenvalue weighted by molar-refractivity contribution is 1.48. The van der Waals surface area contributed by atoms with Crippen molar-refractivity contribution in [2.45, 2.75) is 0 Å². The van der Waals surface area contributed by atoms with E-state index in [1.54, 1.807) is 36.4 Å². The maximum absolute atomic E-state index is 8.87. The summed E-state index contributed by atoms with van der Waals surface area (Å²) in [5, 5.41) is 38.8. The van der Waals surface area contributed by atoms with Crippen LogP contribution in [0.4, 0.5) is 0 Å². The van der Waals surface area contributed by atoms with Crippen LogP contribution in [0.25, 0.3) is 21.5 Å². The Labute approximate surface area is 162 Å². The second-order valence-electron chi connectivity index (χ2n) is 5.86. The van der Waals surface area contributed by atoms with Gasteiger partial charge in [0, 0.05) is 21.5 Å². The highest BCUT2D eigenvalue weighted by Crippen LogP contribution is 2.22. The second kappa shape index (κ2) is 8.16. The van der Waals surface area contributed by atoms with Crippen molar-refractivity contribution in [1.82, 2.24) is 0 Å². The number of hydrogen-bond acceptors (Lipinski definition) is 4. The number of rotatable bonds is 0. The molecule has 0 unspecified atom stereocenters. The van der Waals surface area contributed by atoms with Crippen molar-refractivity contribution in [3.8, 4) is 24.3 Å². The largest absolute Gasteiger partial charge is 0.192 e.